The molecule has 3 heteroatoms. The van der Waals surface area contributed by atoms with Crippen LogP contribution in [0.4, 0.5) is 17.1 Å². The van der Waals surface area contributed by atoms with E-state index in [9.17, 15) is 0 Å². The maximum Gasteiger partial charge on any atom is 0.136 e. The van der Waals surface area contributed by atoms with E-state index in [1.165, 1.54) is 53.6 Å². The first-order valence-electron chi connectivity index (χ1n) is 19.3. The molecule has 2 nitrogen and oxygen atoms in total. The van der Waals surface area contributed by atoms with Crippen molar-refractivity contribution in [2.45, 2.75) is 0 Å². The fraction of sp³-hybridized carbons (Fsp3) is 0. The van der Waals surface area contributed by atoms with Crippen molar-refractivity contribution in [3.63, 3.8) is 0 Å². The van der Waals surface area contributed by atoms with Crippen LogP contribution in [0.25, 0.3) is 86.6 Å². The largest absolute Gasteiger partial charge is 0.456 e. The van der Waals surface area contributed by atoms with Crippen molar-refractivity contribution >= 4 is 70.5 Å². The Kier molecular flexibility index (Phi) is 8.04. The molecule has 2 aromatic heterocycles. The number of para-hydroxylation sites is 1. The van der Waals surface area contributed by atoms with Gasteiger partial charge in [0.2, 0.25) is 0 Å². The third-order valence-electron chi connectivity index (χ3n) is 11.1. The summed E-state index contributed by atoms with van der Waals surface area (Å²) >= 11 is 1.86. The molecule has 0 N–H and O–H groups in total. The minimum absolute atomic E-state index is 0.900. The zero-order chi connectivity index (χ0) is 37.7. The van der Waals surface area contributed by atoms with Crippen LogP contribution >= 0.6 is 11.3 Å². The van der Waals surface area contributed by atoms with Gasteiger partial charge in [-0.1, -0.05) is 152 Å². The van der Waals surface area contributed by atoms with E-state index in [0.29, 0.717) is 0 Å². The molecule has 0 fully saturated rings. The van der Waals surface area contributed by atoms with E-state index in [1.807, 2.05) is 23.5 Å². The Balaban J connectivity index is 1.14. The van der Waals surface area contributed by atoms with Crippen LogP contribution in [0.5, 0.6) is 0 Å². The molecule has 0 spiro atoms. The van der Waals surface area contributed by atoms with Gasteiger partial charge in [0, 0.05) is 47.9 Å². The highest BCUT2D eigenvalue weighted by molar-refractivity contribution is 7.26. The number of nitrogens with zero attached hydrogens (tertiary/aromatic N) is 1. The number of hydrogen-bond acceptors (Lipinski definition) is 3. The summed E-state index contributed by atoms with van der Waals surface area (Å²) in [4.78, 5) is 2.43. The molecule has 0 bridgehead atoms. The Labute approximate surface area is 335 Å². The number of anilines is 3. The zero-order valence-electron chi connectivity index (χ0n) is 31.0. The summed E-state index contributed by atoms with van der Waals surface area (Å²) in [7, 11) is 0. The van der Waals surface area contributed by atoms with Crippen LogP contribution in [0.1, 0.15) is 0 Å². The third kappa shape index (κ3) is 5.80. The molecule has 11 rings (SSSR count). The van der Waals surface area contributed by atoms with Gasteiger partial charge >= 0.3 is 0 Å². The third-order valence-corrected chi connectivity index (χ3v) is 12.2. The van der Waals surface area contributed by atoms with Gasteiger partial charge < -0.3 is 9.32 Å². The average molecular weight is 746 g/mol. The molecule has 0 radical (unpaired) electrons. The smallest absolute Gasteiger partial charge is 0.136 e. The monoisotopic (exact) mass is 745 g/mol. The highest BCUT2D eigenvalue weighted by Gasteiger charge is 2.23. The van der Waals surface area contributed by atoms with Crippen LogP contribution in [0.3, 0.4) is 0 Å². The first-order chi connectivity index (χ1) is 28.3. The minimum atomic E-state index is 0.900. The molecule has 0 atom stereocenters. The van der Waals surface area contributed by atoms with Crippen molar-refractivity contribution in [1.29, 1.82) is 0 Å². The van der Waals surface area contributed by atoms with Gasteiger partial charge in [-0.15, -0.1) is 11.3 Å². The van der Waals surface area contributed by atoms with Crippen LogP contribution < -0.4 is 4.90 Å². The molecule has 0 aliphatic carbocycles. The first-order valence-corrected chi connectivity index (χ1v) is 20.1. The van der Waals surface area contributed by atoms with Gasteiger partial charge in [-0.3, -0.25) is 0 Å². The Hall–Kier alpha value is -7.20. The highest BCUT2D eigenvalue weighted by Crippen LogP contribution is 2.49. The van der Waals surface area contributed by atoms with Crippen LogP contribution in [0, 0.1) is 0 Å². The summed E-state index contributed by atoms with van der Waals surface area (Å²) in [6.07, 6.45) is 0. The number of benzene rings is 9. The van der Waals surface area contributed by atoms with E-state index in [0.717, 1.165) is 50.1 Å². The van der Waals surface area contributed by atoms with Gasteiger partial charge in [-0.2, -0.15) is 0 Å². The second-order valence-electron chi connectivity index (χ2n) is 14.4. The fourth-order valence-corrected chi connectivity index (χ4v) is 9.55. The van der Waals surface area contributed by atoms with E-state index >= 15 is 0 Å². The molecule has 11 aromatic rings. The predicted octanol–water partition coefficient (Wildman–Crippen LogP) is 16.1. The maximum atomic E-state index is 6.28. The van der Waals surface area contributed by atoms with Gasteiger partial charge in [-0.25, -0.2) is 0 Å². The highest BCUT2D eigenvalue weighted by atomic mass is 32.1. The van der Waals surface area contributed by atoms with Crippen molar-refractivity contribution in [3.8, 4) is 44.5 Å². The summed E-state index contributed by atoms with van der Waals surface area (Å²) in [6, 6.07) is 76.5. The molecule has 9 aromatic carbocycles. The van der Waals surface area contributed by atoms with E-state index < -0.39 is 0 Å². The van der Waals surface area contributed by atoms with Gasteiger partial charge in [0.1, 0.15) is 11.2 Å². The van der Waals surface area contributed by atoms with Crippen LogP contribution in [0.15, 0.2) is 217 Å². The minimum Gasteiger partial charge on any atom is -0.456 e. The van der Waals surface area contributed by atoms with Crippen LogP contribution in [-0.2, 0) is 0 Å². The lowest BCUT2D eigenvalue weighted by Crippen LogP contribution is -2.11. The maximum absolute atomic E-state index is 6.28. The molecule has 0 amide bonds. The lowest BCUT2D eigenvalue weighted by molar-refractivity contribution is 0.669. The lowest BCUT2D eigenvalue weighted by Gasteiger charge is -2.29. The first kappa shape index (κ1) is 33.2. The number of rotatable bonds is 7. The molecule has 57 heavy (non-hydrogen) atoms. The Morgan fingerprint density at radius 2 is 0.912 bits per heavy atom. The Morgan fingerprint density at radius 1 is 0.351 bits per heavy atom. The van der Waals surface area contributed by atoms with E-state index in [-0.39, 0.29) is 0 Å². The van der Waals surface area contributed by atoms with Gasteiger partial charge in [0.15, 0.2) is 0 Å². The van der Waals surface area contributed by atoms with E-state index in [4.69, 9.17) is 4.42 Å². The van der Waals surface area contributed by atoms with Crippen LogP contribution in [-0.4, -0.2) is 0 Å². The van der Waals surface area contributed by atoms with Gasteiger partial charge in [-0.05, 0) is 99.6 Å². The van der Waals surface area contributed by atoms with E-state index in [1.54, 1.807) is 0 Å². The quantitative estimate of drug-likeness (QED) is 0.162. The molecule has 0 saturated heterocycles. The van der Waals surface area contributed by atoms with Crippen molar-refractivity contribution < 1.29 is 4.42 Å². The Morgan fingerprint density at radius 3 is 1.67 bits per heavy atom. The van der Waals surface area contributed by atoms with Crippen molar-refractivity contribution in [2.24, 2.45) is 0 Å². The number of thiophene rings is 1. The summed E-state index contributed by atoms with van der Waals surface area (Å²) in [5.74, 6) is 0. The standard InChI is InChI=1S/C54H35NOS/c1-3-13-36(14-4-1)38-25-29-42(30-26-38)55(43-31-27-39(28-32-43)44-21-12-23-49-53(44)45-19-7-9-22-48(45)56-49)47-33-34-51-54(46-20-8-10-24-50(46)57-51)52(47)41-18-11-17-40(35-41)37-15-5-2-6-16-37/h1-35H. The molecule has 0 aliphatic heterocycles. The number of furan rings is 1. The lowest BCUT2D eigenvalue weighted by atomic mass is 9.93. The van der Waals surface area contributed by atoms with Crippen molar-refractivity contribution in [2.75, 3.05) is 4.90 Å². The molecule has 0 saturated carbocycles. The number of hydrogen-bond donors (Lipinski definition) is 0. The zero-order valence-corrected chi connectivity index (χ0v) is 31.8. The molecular weight excluding hydrogens is 711 g/mol. The van der Waals surface area contributed by atoms with Crippen molar-refractivity contribution in [1.82, 2.24) is 0 Å². The van der Waals surface area contributed by atoms with E-state index in [2.05, 4.69) is 205 Å². The summed E-state index contributed by atoms with van der Waals surface area (Å²) in [5, 5.41) is 4.82. The molecule has 268 valence electrons. The topological polar surface area (TPSA) is 16.4 Å². The summed E-state index contributed by atoms with van der Waals surface area (Å²) < 4.78 is 8.84. The van der Waals surface area contributed by atoms with Crippen LogP contribution in [0.2, 0.25) is 0 Å². The second-order valence-corrected chi connectivity index (χ2v) is 15.5. The molecule has 0 unspecified atom stereocenters. The molecule has 0 aliphatic rings. The Bertz CT molecular complexity index is 3210. The molecular formula is C54H35NOS. The van der Waals surface area contributed by atoms with Crippen molar-refractivity contribution in [3.05, 3.63) is 212 Å². The summed E-state index contributed by atoms with van der Waals surface area (Å²) in [6.45, 7) is 0. The normalized spacial score (nSPS) is 11.5. The van der Waals surface area contributed by atoms with Gasteiger partial charge in [0.05, 0.1) is 5.69 Å². The molecule has 2 heterocycles. The fourth-order valence-electron chi connectivity index (χ4n) is 8.44. The number of fused-ring (bicyclic) bond motifs is 6. The second kappa shape index (κ2) is 13.8. The SMILES string of the molecule is c1ccc(-c2ccc(N(c3ccc(-c4cccc5oc6ccccc6c45)cc3)c3ccc4sc5ccccc5c4c3-c3cccc(-c4ccccc4)c3)cc2)cc1. The summed E-state index contributed by atoms with van der Waals surface area (Å²) in [5.41, 5.74) is 14.6. The average Bonchev–Trinajstić information content (AvgIpc) is 3.86. The predicted molar refractivity (Wildman–Crippen MR) is 243 cm³/mol. The van der Waals surface area contributed by atoms with Gasteiger partial charge in [0.25, 0.3) is 0 Å².